The second-order valence-corrected chi connectivity index (χ2v) is 10.4. The molecule has 2 aliphatic carbocycles. The van der Waals surface area contributed by atoms with E-state index in [2.05, 4.69) is 0 Å². The molecular weight excluding hydrogens is 540 g/mol. The van der Waals surface area contributed by atoms with E-state index in [1.54, 1.807) is 0 Å². The smallest absolute Gasteiger partial charge is 0.322 e. The summed E-state index contributed by atoms with van der Waals surface area (Å²) in [5.41, 5.74) is -1.23. The van der Waals surface area contributed by atoms with Crippen LogP contribution in [0.25, 0.3) is 0 Å². The zero-order valence-electron chi connectivity index (χ0n) is 19.4. The van der Waals surface area contributed by atoms with Crippen LogP contribution in [0, 0.1) is 11.8 Å². The number of sulfone groups is 1. The number of benzene rings is 2. The summed E-state index contributed by atoms with van der Waals surface area (Å²) in [5.74, 6) is -12.8. The van der Waals surface area contributed by atoms with Gasteiger partial charge in [-0.3, -0.25) is 38.4 Å². The number of fused-ring (bicyclic) bond motifs is 2. The maximum atomic E-state index is 13.3. The first-order valence-corrected chi connectivity index (χ1v) is 12.4. The van der Waals surface area contributed by atoms with Crippen molar-refractivity contribution in [2.24, 2.45) is 11.8 Å². The van der Waals surface area contributed by atoms with E-state index in [0.29, 0.717) is 0 Å². The monoisotopic (exact) mass is 556 g/mol. The Labute approximate surface area is 217 Å². The van der Waals surface area contributed by atoms with Crippen molar-refractivity contribution in [2.75, 3.05) is 13.1 Å². The molecule has 0 radical (unpaired) electrons. The molecule has 0 saturated carbocycles. The van der Waals surface area contributed by atoms with Gasteiger partial charge in [0.2, 0.25) is 21.7 Å². The van der Waals surface area contributed by atoms with Crippen molar-refractivity contribution < 1.29 is 57.0 Å². The number of amides is 2. The SMILES string of the molecule is O=C(O)CNC(=O)C1C(=O)c2ccc(S(=O)(=O)c3ccc4c(c3)C(=O)C(C(=O)NCC(=O)O)C4=O)cc2C1=O. The first-order valence-electron chi connectivity index (χ1n) is 10.9. The highest BCUT2D eigenvalue weighted by Gasteiger charge is 2.45. The molecular formula is C24H16N2O12S. The van der Waals surface area contributed by atoms with Crippen LogP contribution in [0.5, 0.6) is 0 Å². The number of carbonyl (C=O) groups excluding carboxylic acids is 6. The maximum Gasteiger partial charge on any atom is 0.322 e. The standard InChI is InChI=1S/C24H16N2O12S/c27-15(28)7-25-23(35)17-19(31)11-3-1-9(5-13(11)21(17)33)39(37,38)10-2-4-12-14(6-10)22(34)18(20(12)32)24(36)26-8-16(29)30/h1-6,17-18H,7-8H2,(H,25,35)(H,26,36)(H,27,28)(H,29,30). The molecule has 0 fully saturated rings. The van der Waals surface area contributed by atoms with Gasteiger partial charge in [0.25, 0.3) is 0 Å². The summed E-state index contributed by atoms with van der Waals surface area (Å²) in [6.07, 6.45) is 0. The predicted molar refractivity (Wildman–Crippen MR) is 124 cm³/mol. The van der Waals surface area contributed by atoms with Crippen molar-refractivity contribution in [3.63, 3.8) is 0 Å². The van der Waals surface area contributed by atoms with Gasteiger partial charge in [0.15, 0.2) is 35.0 Å². The summed E-state index contributed by atoms with van der Waals surface area (Å²) in [6, 6.07) is 5.80. The van der Waals surface area contributed by atoms with Gasteiger partial charge in [0, 0.05) is 22.3 Å². The molecule has 2 atom stereocenters. The van der Waals surface area contributed by atoms with Crippen LogP contribution >= 0.6 is 0 Å². The summed E-state index contributed by atoms with van der Waals surface area (Å²) >= 11 is 0. The lowest BCUT2D eigenvalue weighted by atomic mass is 10.0. The first-order chi connectivity index (χ1) is 18.2. The van der Waals surface area contributed by atoms with Crippen molar-refractivity contribution in [3.05, 3.63) is 58.7 Å². The molecule has 2 aromatic rings. The predicted octanol–water partition coefficient (Wildman–Crippen LogP) is -1.09. The third kappa shape index (κ3) is 4.59. The lowest BCUT2D eigenvalue weighted by Crippen LogP contribution is -2.39. The highest BCUT2D eigenvalue weighted by atomic mass is 32.2. The number of ketones is 4. The van der Waals surface area contributed by atoms with Gasteiger partial charge in [0.1, 0.15) is 13.1 Å². The summed E-state index contributed by atoms with van der Waals surface area (Å²) in [5, 5.41) is 21.2. The fourth-order valence-electron chi connectivity index (χ4n) is 4.22. The lowest BCUT2D eigenvalue weighted by molar-refractivity contribution is -0.138. The summed E-state index contributed by atoms with van der Waals surface area (Å²) in [6.45, 7) is -1.68. The van der Waals surface area contributed by atoms with Crippen LogP contribution < -0.4 is 10.6 Å². The lowest BCUT2D eigenvalue weighted by Gasteiger charge is -2.08. The van der Waals surface area contributed by atoms with E-state index in [0.717, 1.165) is 36.4 Å². The molecule has 0 aliphatic heterocycles. The van der Waals surface area contributed by atoms with Crippen molar-refractivity contribution in [1.29, 1.82) is 0 Å². The molecule has 0 spiro atoms. The number of hydrogen-bond acceptors (Lipinski definition) is 10. The number of nitrogens with one attached hydrogen (secondary N) is 2. The third-order valence-electron chi connectivity index (χ3n) is 6.07. The number of hydrogen-bond donors (Lipinski definition) is 4. The highest BCUT2D eigenvalue weighted by molar-refractivity contribution is 7.91. The topological polar surface area (TPSA) is 235 Å². The molecule has 0 saturated heterocycles. The Balaban J connectivity index is 1.64. The number of carboxylic acids is 2. The van der Waals surface area contributed by atoms with Gasteiger partial charge in [0.05, 0.1) is 9.79 Å². The van der Waals surface area contributed by atoms with Crippen molar-refractivity contribution >= 4 is 56.7 Å². The third-order valence-corrected chi connectivity index (χ3v) is 7.81. The van der Waals surface area contributed by atoms with Crippen molar-refractivity contribution in [2.45, 2.75) is 9.79 Å². The van der Waals surface area contributed by atoms with Crippen LogP contribution in [0.2, 0.25) is 0 Å². The average Bonchev–Trinajstić information content (AvgIpc) is 3.29. The van der Waals surface area contributed by atoms with E-state index in [9.17, 15) is 46.8 Å². The van der Waals surface area contributed by atoms with Crippen LogP contribution in [0.4, 0.5) is 0 Å². The molecule has 200 valence electrons. The average molecular weight is 556 g/mol. The first kappa shape index (κ1) is 27.0. The van der Waals surface area contributed by atoms with E-state index in [1.165, 1.54) is 0 Å². The van der Waals surface area contributed by atoms with Gasteiger partial charge in [-0.15, -0.1) is 0 Å². The summed E-state index contributed by atoms with van der Waals surface area (Å²) in [4.78, 5) is 95.4. The highest BCUT2D eigenvalue weighted by Crippen LogP contribution is 2.34. The van der Waals surface area contributed by atoms with E-state index < -0.39 is 91.4 Å². The van der Waals surface area contributed by atoms with Crippen LogP contribution in [0.3, 0.4) is 0 Å². The minimum Gasteiger partial charge on any atom is -0.480 e. The molecule has 2 amide bonds. The van der Waals surface area contributed by atoms with Crippen LogP contribution in [-0.2, 0) is 29.0 Å². The van der Waals surface area contributed by atoms with E-state index in [-0.39, 0.29) is 22.3 Å². The maximum absolute atomic E-state index is 13.3. The van der Waals surface area contributed by atoms with Crippen molar-refractivity contribution in [3.8, 4) is 0 Å². The molecule has 15 heteroatoms. The number of rotatable bonds is 8. The fraction of sp³-hybridized carbons (Fsp3) is 0.167. The zero-order chi connectivity index (χ0) is 28.8. The molecule has 0 aromatic heterocycles. The van der Waals surface area contributed by atoms with Gasteiger partial charge in [-0.05, 0) is 36.4 Å². The van der Waals surface area contributed by atoms with Crippen molar-refractivity contribution in [1.82, 2.24) is 10.6 Å². The minimum atomic E-state index is -4.47. The van der Waals surface area contributed by atoms with Gasteiger partial charge in [-0.2, -0.15) is 0 Å². The second kappa shape index (κ2) is 9.68. The molecule has 2 unspecified atom stereocenters. The molecule has 2 aromatic carbocycles. The Kier molecular flexibility index (Phi) is 6.70. The molecule has 4 N–H and O–H groups in total. The normalized spacial score (nSPS) is 17.9. The molecule has 14 nitrogen and oxygen atoms in total. The molecule has 39 heavy (non-hydrogen) atoms. The van der Waals surface area contributed by atoms with Crippen LogP contribution in [0.1, 0.15) is 41.4 Å². The quantitative estimate of drug-likeness (QED) is 0.284. The molecule has 0 bridgehead atoms. The summed E-state index contributed by atoms with van der Waals surface area (Å²) in [7, 11) is -4.47. The van der Waals surface area contributed by atoms with Gasteiger partial charge in [-0.25, -0.2) is 8.42 Å². The van der Waals surface area contributed by atoms with Gasteiger partial charge < -0.3 is 20.8 Å². The fourth-order valence-corrected chi connectivity index (χ4v) is 5.53. The number of carboxylic acid groups (broad SMARTS) is 2. The van der Waals surface area contributed by atoms with Gasteiger partial charge in [-0.1, -0.05) is 0 Å². The van der Waals surface area contributed by atoms with Crippen LogP contribution in [-0.4, -0.2) is 78.6 Å². The Bertz CT molecular complexity index is 1540. The van der Waals surface area contributed by atoms with Crippen LogP contribution in [0.15, 0.2) is 46.2 Å². The zero-order valence-corrected chi connectivity index (χ0v) is 20.2. The number of aliphatic carboxylic acids is 2. The summed E-state index contributed by atoms with van der Waals surface area (Å²) < 4.78 is 26.6. The number of carbonyl (C=O) groups is 8. The molecule has 4 rings (SSSR count). The minimum absolute atomic E-state index is 0.237. The Morgan fingerprint density at radius 2 is 0.949 bits per heavy atom. The Hall–Kier alpha value is -5.05. The Morgan fingerprint density at radius 1 is 0.615 bits per heavy atom. The largest absolute Gasteiger partial charge is 0.480 e. The van der Waals surface area contributed by atoms with Gasteiger partial charge >= 0.3 is 11.9 Å². The Morgan fingerprint density at radius 3 is 1.28 bits per heavy atom. The second-order valence-electron chi connectivity index (χ2n) is 8.46. The molecule has 0 heterocycles. The van der Waals surface area contributed by atoms with E-state index >= 15 is 0 Å². The van der Waals surface area contributed by atoms with E-state index in [4.69, 9.17) is 10.2 Å². The number of Topliss-reactive ketones (excluding diaryl/α,β-unsaturated/α-hetero) is 4. The van der Waals surface area contributed by atoms with E-state index in [1.807, 2.05) is 10.6 Å². The molecule has 2 aliphatic rings.